The number of aryl methyl sites for hydroxylation is 1. The Morgan fingerprint density at radius 3 is 2.77 bits per heavy atom. The van der Waals surface area contributed by atoms with Gasteiger partial charge in [0.05, 0.1) is 11.4 Å². The molecule has 9 heteroatoms. The van der Waals surface area contributed by atoms with Crippen LogP contribution in [-0.2, 0) is 11.3 Å². The van der Waals surface area contributed by atoms with Crippen molar-refractivity contribution in [3.63, 3.8) is 0 Å². The van der Waals surface area contributed by atoms with Gasteiger partial charge in [-0.05, 0) is 42.8 Å². The van der Waals surface area contributed by atoms with Crippen LogP contribution in [0.5, 0.6) is 0 Å². The molecular formula is C21H19ClN6OS. The first-order valence-corrected chi connectivity index (χ1v) is 10.6. The third kappa shape index (κ3) is 4.90. The molecule has 0 spiro atoms. The number of anilines is 1. The largest absolute Gasteiger partial charge is 0.331 e. The van der Waals surface area contributed by atoms with Crippen LogP contribution in [0.1, 0.15) is 11.4 Å². The molecule has 0 saturated heterocycles. The van der Waals surface area contributed by atoms with Crippen LogP contribution >= 0.6 is 23.4 Å². The summed E-state index contributed by atoms with van der Waals surface area (Å²) in [6.07, 6.45) is 5.34. The minimum Gasteiger partial charge on any atom is -0.331 e. The highest BCUT2D eigenvalue weighted by Gasteiger charge is 2.11. The van der Waals surface area contributed by atoms with E-state index in [1.807, 2.05) is 55.6 Å². The molecule has 0 unspecified atom stereocenters. The maximum Gasteiger partial charge on any atom is 0.234 e. The Kier molecular flexibility index (Phi) is 6.15. The maximum atomic E-state index is 12.4. The molecule has 0 aliphatic rings. The Morgan fingerprint density at radius 2 is 2.03 bits per heavy atom. The number of imidazole rings is 1. The van der Waals surface area contributed by atoms with Gasteiger partial charge in [0.1, 0.15) is 12.2 Å². The predicted molar refractivity (Wildman–Crippen MR) is 118 cm³/mol. The van der Waals surface area contributed by atoms with E-state index in [-0.39, 0.29) is 11.7 Å². The lowest BCUT2D eigenvalue weighted by atomic mass is 10.2. The van der Waals surface area contributed by atoms with E-state index in [4.69, 9.17) is 11.6 Å². The van der Waals surface area contributed by atoms with Crippen molar-refractivity contribution in [2.75, 3.05) is 11.1 Å². The number of hydrogen-bond donors (Lipinski definition) is 1. The van der Waals surface area contributed by atoms with Gasteiger partial charge < -0.3 is 9.88 Å². The summed E-state index contributed by atoms with van der Waals surface area (Å²) in [5.74, 6) is 1.07. The Balaban J connectivity index is 1.33. The number of thioether (sulfide) groups is 1. The van der Waals surface area contributed by atoms with E-state index in [9.17, 15) is 4.79 Å². The van der Waals surface area contributed by atoms with Crippen LogP contribution in [0.3, 0.4) is 0 Å². The van der Waals surface area contributed by atoms with Crippen molar-refractivity contribution in [3.8, 4) is 5.69 Å². The summed E-state index contributed by atoms with van der Waals surface area (Å²) >= 11 is 7.37. The topological polar surface area (TPSA) is 77.6 Å². The summed E-state index contributed by atoms with van der Waals surface area (Å²) in [6.45, 7) is 2.72. The first-order chi connectivity index (χ1) is 14.6. The van der Waals surface area contributed by atoms with Gasteiger partial charge in [-0.2, -0.15) is 0 Å². The molecule has 0 bridgehead atoms. The second-order valence-corrected chi connectivity index (χ2v) is 7.98. The van der Waals surface area contributed by atoms with E-state index in [1.54, 1.807) is 23.2 Å². The molecule has 0 aliphatic carbocycles. The first-order valence-electron chi connectivity index (χ1n) is 9.24. The van der Waals surface area contributed by atoms with Gasteiger partial charge in [-0.1, -0.05) is 41.6 Å². The van der Waals surface area contributed by atoms with Crippen LogP contribution in [0.25, 0.3) is 5.69 Å². The van der Waals surface area contributed by atoms with E-state index >= 15 is 0 Å². The minimum atomic E-state index is -0.112. The quantitative estimate of drug-likeness (QED) is 0.437. The molecule has 1 amide bonds. The fourth-order valence-corrected chi connectivity index (χ4v) is 3.83. The third-order valence-corrected chi connectivity index (χ3v) is 5.63. The number of halogens is 1. The lowest BCUT2D eigenvalue weighted by molar-refractivity contribution is -0.113. The Morgan fingerprint density at radius 1 is 1.20 bits per heavy atom. The summed E-state index contributed by atoms with van der Waals surface area (Å²) in [7, 11) is 0. The van der Waals surface area contributed by atoms with E-state index < -0.39 is 0 Å². The lowest BCUT2D eigenvalue weighted by Gasteiger charge is -2.09. The second kappa shape index (κ2) is 9.15. The van der Waals surface area contributed by atoms with Crippen LogP contribution in [0, 0.1) is 6.92 Å². The number of benzene rings is 2. The van der Waals surface area contributed by atoms with Crippen molar-refractivity contribution >= 4 is 35.0 Å². The molecule has 152 valence electrons. The molecule has 0 aliphatic heterocycles. The summed E-state index contributed by atoms with van der Waals surface area (Å²) in [4.78, 5) is 16.6. The Hall–Kier alpha value is -3.10. The average Bonchev–Trinajstić information content (AvgIpc) is 3.37. The van der Waals surface area contributed by atoms with E-state index in [0.717, 1.165) is 29.3 Å². The highest BCUT2D eigenvalue weighted by atomic mass is 35.5. The number of nitrogens with one attached hydrogen (secondary N) is 1. The van der Waals surface area contributed by atoms with Gasteiger partial charge in [-0.3, -0.25) is 9.36 Å². The van der Waals surface area contributed by atoms with E-state index in [1.165, 1.54) is 11.8 Å². The van der Waals surface area contributed by atoms with Gasteiger partial charge in [-0.15, -0.1) is 10.2 Å². The van der Waals surface area contributed by atoms with Crippen molar-refractivity contribution in [1.29, 1.82) is 0 Å². The zero-order valence-corrected chi connectivity index (χ0v) is 17.8. The second-order valence-electron chi connectivity index (χ2n) is 6.60. The van der Waals surface area contributed by atoms with Crippen LogP contribution in [-0.4, -0.2) is 36.0 Å². The molecule has 2 aromatic carbocycles. The normalized spacial score (nSPS) is 10.9. The molecule has 4 aromatic rings. The highest BCUT2D eigenvalue weighted by molar-refractivity contribution is 7.99. The summed E-state index contributed by atoms with van der Waals surface area (Å²) < 4.78 is 3.87. The maximum absolute atomic E-state index is 12.4. The molecule has 30 heavy (non-hydrogen) atoms. The standard InChI is InChI=1S/C21H19ClN6OS/c1-15-23-9-10-27(15)12-16-5-7-18(8-6-16)25-20(29)13-30-21-26-24-14-28(21)19-4-2-3-17(22)11-19/h2-11,14H,12-13H2,1H3,(H,25,29). The van der Waals surface area contributed by atoms with E-state index in [0.29, 0.717) is 10.2 Å². The fraction of sp³-hybridized carbons (Fsp3) is 0.143. The van der Waals surface area contributed by atoms with Crippen molar-refractivity contribution in [1.82, 2.24) is 24.3 Å². The van der Waals surface area contributed by atoms with Crippen LogP contribution in [0.4, 0.5) is 5.69 Å². The fourth-order valence-electron chi connectivity index (χ4n) is 2.91. The molecular weight excluding hydrogens is 420 g/mol. The number of carbonyl (C=O) groups is 1. The summed E-state index contributed by atoms with van der Waals surface area (Å²) in [6, 6.07) is 15.2. The zero-order valence-electron chi connectivity index (χ0n) is 16.2. The zero-order chi connectivity index (χ0) is 20.9. The van der Waals surface area contributed by atoms with Crippen molar-refractivity contribution in [3.05, 3.63) is 83.7 Å². The number of rotatable bonds is 7. The molecule has 1 N–H and O–H groups in total. The predicted octanol–water partition coefficient (Wildman–Crippen LogP) is 4.20. The molecule has 0 atom stereocenters. The van der Waals surface area contributed by atoms with Crippen molar-refractivity contribution in [2.24, 2.45) is 0 Å². The number of carbonyl (C=O) groups excluding carboxylic acids is 1. The third-order valence-electron chi connectivity index (χ3n) is 4.45. The van der Waals surface area contributed by atoms with Gasteiger partial charge >= 0.3 is 0 Å². The lowest BCUT2D eigenvalue weighted by Crippen LogP contribution is -2.14. The first kappa shape index (κ1) is 20.2. The molecule has 7 nitrogen and oxygen atoms in total. The van der Waals surface area contributed by atoms with Crippen LogP contribution in [0.2, 0.25) is 5.02 Å². The Bertz CT molecular complexity index is 1150. The number of hydrogen-bond acceptors (Lipinski definition) is 5. The van der Waals surface area contributed by atoms with Gasteiger partial charge in [0.2, 0.25) is 5.91 Å². The molecule has 0 saturated carbocycles. The molecule has 0 fully saturated rings. The smallest absolute Gasteiger partial charge is 0.234 e. The van der Waals surface area contributed by atoms with Gasteiger partial charge in [-0.25, -0.2) is 4.98 Å². The number of nitrogens with zero attached hydrogens (tertiary/aromatic N) is 5. The van der Waals surface area contributed by atoms with Gasteiger partial charge in [0, 0.05) is 29.6 Å². The van der Waals surface area contributed by atoms with Crippen molar-refractivity contribution < 1.29 is 4.79 Å². The Labute approximate surface area is 183 Å². The average molecular weight is 439 g/mol. The highest BCUT2D eigenvalue weighted by Crippen LogP contribution is 2.22. The van der Waals surface area contributed by atoms with Crippen LogP contribution < -0.4 is 5.32 Å². The molecule has 2 heterocycles. The number of amides is 1. The molecule has 4 rings (SSSR count). The molecule has 2 aromatic heterocycles. The number of aromatic nitrogens is 5. The molecule has 0 radical (unpaired) electrons. The summed E-state index contributed by atoms with van der Waals surface area (Å²) in [5, 5.41) is 12.2. The van der Waals surface area contributed by atoms with Crippen LogP contribution in [0.15, 0.2) is 72.4 Å². The van der Waals surface area contributed by atoms with E-state index in [2.05, 4.69) is 25.1 Å². The van der Waals surface area contributed by atoms with Gasteiger partial charge in [0.25, 0.3) is 0 Å². The van der Waals surface area contributed by atoms with Gasteiger partial charge in [0.15, 0.2) is 5.16 Å². The summed E-state index contributed by atoms with van der Waals surface area (Å²) in [5.41, 5.74) is 2.74. The SMILES string of the molecule is Cc1nccn1Cc1ccc(NC(=O)CSc2nncn2-c2cccc(Cl)c2)cc1. The van der Waals surface area contributed by atoms with Crippen molar-refractivity contribution in [2.45, 2.75) is 18.6 Å². The monoisotopic (exact) mass is 438 g/mol. The minimum absolute atomic E-state index is 0.112.